The molecule has 5 atom stereocenters. The van der Waals surface area contributed by atoms with Crippen LogP contribution in [0.15, 0.2) is 0 Å². The minimum atomic E-state index is -4.94. The zero-order chi connectivity index (χ0) is 61.0. The summed E-state index contributed by atoms with van der Waals surface area (Å²) in [5, 5.41) is 10.5. The van der Waals surface area contributed by atoms with E-state index in [0.29, 0.717) is 37.5 Å². The van der Waals surface area contributed by atoms with Crippen molar-refractivity contribution < 1.29 is 80.2 Å². The molecule has 0 fully saturated rings. The van der Waals surface area contributed by atoms with Gasteiger partial charge in [0, 0.05) is 25.7 Å². The molecule has 0 amide bonds. The van der Waals surface area contributed by atoms with Gasteiger partial charge < -0.3 is 33.8 Å². The van der Waals surface area contributed by atoms with E-state index in [-0.39, 0.29) is 25.7 Å². The predicted molar refractivity (Wildman–Crippen MR) is 326 cm³/mol. The van der Waals surface area contributed by atoms with Crippen LogP contribution in [0, 0.1) is 17.8 Å². The third-order valence-corrected chi connectivity index (χ3v) is 16.3. The topological polar surface area (TPSA) is 237 Å². The van der Waals surface area contributed by atoms with Crippen LogP contribution in [-0.4, -0.2) is 96.7 Å². The second-order valence-electron chi connectivity index (χ2n) is 24.2. The van der Waals surface area contributed by atoms with Gasteiger partial charge >= 0.3 is 39.5 Å². The van der Waals surface area contributed by atoms with Crippen LogP contribution in [0.3, 0.4) is 0 Å². The van der Waals surface area contributed by atoms with Gasteiger partial charge in [-0.1, -0.05) is 254 Å². The predicted octanol–water partition coefficient (Wildman–Crippen LogP) is 17.1. The molecule has 0 aromatic heterocycles. The number of carbonyl (C=O) groups excluding carboxylic acids is 4. The van der Waals surface area contributed by atoms with Crippen LogP contribution in [0.2, 0.25) is 0 Å². The highest BCUT2D eigenvalue weighted by atomic mass is 31.2. The molecule has 0 rings (SSSR count). The Hall–Kier alpha value is -1.94. The van der Waals surface area contributed by atoms with Gasteiger partial charge in [-0.05, 0) is 43.4 Å². The summed E-state index contributed by atoms with van der Waals surface area (Å²) in [5.74, 6) is -0.00295. The number of hydrogen-bond donors (Lipinski definition) is 3. The first-order valence-corrected chi connectivity index (χ1v) is 35.8. The van der Waals surface area contributed by atoms with Crippen LogP contribution in [0.1, 0.15) is 305 Å². The molecule has 0 radical (unpaired) electrons. The van der Waals surface area contributed by atoms with Crippen molar-refractivity contribution >= 4 is 39.5 Å². The first-order valence-electron chi connectivity index (χ1n) is 32.8. The molecular formula is C63H122O17P2. The Bertz CT molecular complexity index is 1630. The normalized spacial score (nSPS) is 14.4. The Morgan fingerprint density at radius 2 is 0.561 bits per heavy atom. The molecule has 17 nitrogen and oxygen atoms in total. The highest BCUT2D eigenvalue weighted by Gasteiger charge is 2.30. The number of unbranched alkanes of at least 4 members (excludes halogenated alkanes) is 29. The Balaban J connectivity index is 5.17. The lowest BCUT2D eigenvalue weighted by atomic mass is 10.0. The molecule has 0 spiro atoms. The zero-order valence-electron chi connectivity index (χ0n) is 52.9. The number of hydrogen-bond acceptors (Lipinski definition) is 15. The molecule has 0 saturated carbocycles. The Labute approximate surface area is 498 Å². The fourth-order valence-electron chi connectivity index (χ4n) is 9.30. The second kappa shape index (κ2) is 54.5. The average Bonchev–Trinajstić information content (AvgIpc) is 3.42. The smallest absolute Gasteiger partial charge is 0.462 e. The van der Waals surface area contributed by atoms with Crippen molar-refractivity contribution in [2.45, 2.75) is 324 Å². The van der Waals surface area contributed by atoms with Crippen LogP contribution >= 0.6 is 15.6 Å². The van der Waals surface area contributed by atoms with Gasteiger partial charge in [0.1, 0.15) is 19.3 Å². The van der Waals surface area contributed by atoms with Crippen molar-refractivity contribution in [3.05, 3.63) is 0 Å². The van der Waals surface area contributed by atoms with Gasteiger partial charge in [0.05, 0.1) is 26.4 Å². The quantitative estimate of drug-likeness (QED) is 0.0222. The maximum absolute atomic E-state index is 13.0. The third kappa shape index (κ3) is 57.2. The van der Waals surface area contributed by atoms with E-state index in [1.54, 1.807) is 0 Å². The minimum absolute atomic E-state index is 0.101. The number of esters is 4. The molecule has 0 saturated heterocycles. The number of phosphoric ester groups is 2. The second-order valence-corrected chi connectivity index (χ2v) is 27.1. The molecule has 486 valence electrons. The van der Waals surface area contributed by atoms with E-state index in [4.69, 9.17) is 37.0 Å². The third-order valence-electron chi connectivity index (χ3n) is 14.4. The monoisotopic (exact) mass is 1210 g/mol. The van der Waals surface area contributed by atoms with Gasteiger partial charge in [-0.25, -0.2) is 9.13 Å². The summed E-state index contributed by atoms with van der Waals surface area (Å²) in [7, 11) is -9.88. The van der Waals surface area contributed by atoms with Crippen LogP contribution in [0.5, 0.6) is 0 Å². The summed E-state index contributed by atoms with van der Waals surface area (Å²) in [6.07, 6.45) is 35.3. The highest BCUT2D eigenvalue weighted by Crippen LogP contribution is 2.45. The van der Waals surface area contributed by atoms with E-state index in [0.717, 1.165) is 115 Å². The Kier molecular flexibility index (Phi) is 53.2. The number of ether oxygens (including phenoxy) is 4. The summed E-state index contributed by atoms with van der Waals surface area (Å²) < 4.78 is 67.8. The van der Waals surface area contributed by atoms with Crippen molar-refractivity contribution in [3.8, 4) is 0 Å². The first-order chi connectivity index (χ1) is 39.2. The standard InChI is InChI=1S/C63H122O17P2/c1-8-9-10-11-20-30-37-44-60(65)73-50-59(80-63(68)47-40-33-26-24-29-36-43-56(6)7)53-78-82(71,72)76-49-57(64)48-75-81(69,70)77-52-58(51-74-61(66)45-38-31-25-23-28-35-42-55(4)5)79-62(67)46-39-32-22-19-17-15-13-12-14-16-18-21-27-34-41-54(2)3/h54-59,64H,8-53H2,1-7H3,(H,69,70)(H,71,72)/t57-,58-,59-/m1/s1. The summed E-state index contributed by atoms with van der Waals surface area (Å²) in [6, 6.07) is 0. The van der Waals surface area contributed by atoms with Gasteiger partial charge in [-0.2, -0.15) is 0 Å². The summed E-state index contributed by atoms with van der Waals surface area (Å²) in [6.45, 7) is 11.6. The summed E-state index contributed by atoms with van der Waals surface area (Å²) in [4.78, 5) is 72.0. The molecule has 0 aliphatic rings. The van der Waals surface area contributed by atoms with Crippen LogP contribution < -0.4 is 0 Å². The van der Waals surface area contributed by atoms with Gasteiger partial charge in [0.2, 0.25) is 0 Å². The Morgan fingerprint density at radius 1 is 0.329 bits per heavy atom. The van der Waals surface area contributed by atoms with E-state index in [2.05, 4.69) is 48.5 Å². The summed E-state index contributed by atoms with van der Waals surface area (Å²) in [5.41, 5.74) is 0. The van der Waals surface area contributed by atoms with Gasteiger partial charge in [-0.3, -0.25) is 37.3 Å². The van der Waals surface area contributed by atoms with Gasteiger partial charge in [-0.15, -0.1) is 0 Å². The molecule has 19 heteroatoms. The van der Waals surface area contributed by atoms with Crippen LogP contribution in [0.25, 0.3) is 0 Å². The van der Waals surface area contributed by atoms with E-state index in [9.17, 15) is 43.2 Å². The molecule has 0 aliphatic heterocycles. The SMILES string of the molecule is CCCCCCCCCC(=O)OC[C@H](COP(=O)(O)OC[C@H](O)COP(=O)(O)OC[C@@H](COC(=O)CCCCCCCCC(C)C)OC(=O)CCCCCCCCCCCCCCCCC(C)C)OC(=O)CCCCCCCCC(C)C. The highest BCUT2D eigenvalue weighted by molar-refractivity contribution is 7.47. The maximum atomic E-state index is 13.0. The number of aliphatic hydroxyl groups is 1. The largest absolute Gasteiger partial charge is 0.472 e. The van der Waals surface area contributed by atoms with Crippen molar-refractivity contribution in [1.29, 1.82) is 0 Å². The van der Waals surface area contributed by atoms with E-state index in [1.807, 2.05) is 0 Å². The minimum Gasteiger partial charge on any atom is -0.462 e. The molecule has 0 aromatic rings. The summed E-state index contributed by atoms with van der Waals surface area (Å²) >= 11 is 0. The zero-order valence-corrected chi connectivity index (χ0v) is 54.7. The van der Waals surface area contributed by atoms with E-state index in [1.165, 1.54) is 96.3 Å². The maximum Gasteiger partial charge on any atom is 0.472 e. The van der Waals surface area contributed by atoms with Gasteiger partial charge in [0.15, 0.2) is 12.2 Å². The lowest BCUT2D eigenvalue weighted by Crippen LogP contribution is -2.30. The van der Waals surface area contributed by atoms with Crippen LogP contribution in [-0.2, 0) is 65.4 Å². The van der Waals surface area contributed by atoms with Crippen molar-refractivity contribution in [2.24, 2.45) is 17.8 Å². The lowest BCUT2D eigenvalue weighted by molar-refractivity contribution is -0.161. The molecule has 0 aliphatic carbocycles. The average molecular weight is 1210 g/mol. The molecule has 0 aromatic carbocycles. The molecule has 82 heavy (non-hydrogen) atoms. The Morgan fingerprint density at radius 3 is 0.829 bits per heavy atom. The number of rotatable bonds is 61. The van der Waals surface area contributed by atoms with Gasteiger partial charge in [0.25, 0.3) is 0 Å². The molecule has 0 heterocycles. The fraction of sp³-hybridized carbons (Fsp3) is 0.937. The van der Waals surface area contributed by atoms with Crippen molar-refractivity contribution in [2.75, 3.05) is 39.6 Å². The number of phosphoric acid groups is 2. The molecule has 2 unspecified atom stereocenters. The van der Waals surface area contributed by atoms with Crippen molar-refractivity contribution in [3.63, 3.8) is 0 Å². The first kappa shape index (κ1) is 80.1. The number of aliphatic hydroxyl groups excluding tert-OH is 1. The van der Waals surface area contributed by atoms with Crippen LogP contribution in [0.4, 0.5) is 0 Å². The van der Waals surface area contributed by atoms with E-state index < -0.39 is 97.5 Å². The van der Waals surface area contributed by atoms with Crippen molar-refractivity contribution in [1.82, 2.24) is 0 Å². The molecule has 0 bridgehead atoms. The molecule has 3 N–H and O–H groups in total. The number of carbonyl (C=O) groups is 4. The van der Waals surface area contributed by atoms with E-state index >= 15 is 0 Å². The molecular weight excluding hydrogens is 1090 g/mol. The fourth-order valence-corrected chi connectivity index (χ4v) is 10.9. The lowest BCUT2D eigenvalue weighted by Gasteiger charge is -2.21.